The summed E-state index contributed by atoms with van der Waals surface area (Å²) in [6, 6.07) is 0. The molecule has 0 saturated carbocycles. The maximum atomic E-state index is 9.17. The molecule has 1 aliphatic rings. The highest BCUT2D eigenvalue weighted by atomic mass is 16.3. The third-order valence-corrected chi connectivity index (χ3v) is 2.28. The number of aliphatic hydroxyl groups excluding tert-OH is 2. The second-order valence-electron chi connectivity index (χ2n) is 3.44. The Hall–Kier alpha value is -0.160. The molecule has 0 bridgehead atoms. The van der Waals surface area contributed by atoms with Crippen molar-refractivity contribution < 1.29 is 10.2 Å². The molecule has 0 aromatic rings. The number of piperazine rings is 1. The molecule has 1 aliphatic heterocycles. The van der Waals surface area contributed by atoms with Crippen LogP contribution in [-0.2, 0) is 0 Å². The van der Waals surface area contributed by atoms with Crippen LogP contribution in [0.4, 0.5) is 0 Å². The van der Waals surface area contributed by atoms with Gasteiger partial charge in [0.25, 0.3) is 0 Å². The van der Waals surface area contributed by atoms with Crippen LogP contribution in [0.3, 0.4) is 0 Å². The van der Waals surface area contributed by atoms with Gasteiger partial charge in [0.2, 0.25) is 0 Å². The minimum Gasteiger partial charge on any atom is -0.394 e. The topological polar surface area (TPSA) is 46.9 Å². The van der Waals surface area contributed by atoms with Gasteiger partial charge in [-0.05, 0) is 7.05 Å². The van der Waals surface area contributed by atoms with Gasteiger partial charge in [-0.2, -0.15) is 0 Å². The zero-order chi connectivity index (χ0) is 8.97. The number of β-amino-alcohol motifs (C(OH)–C–C–N with tert-alkyl or cyclic N) is 1. The molecular formula is C8H18N2O2. The van der Waals surface area contributed by atoms with Crippen LogP contribution < -0.4 is 0 Å². The van der Waals surface area contributed by atoms with Gasteiger partial charge in [0.05, 0.1) is 12.7 Å². The van der Waals surface area contributed by atoms with Gasteiger partial charge in [0, 0.05) is 32.7 Å². The molecular weight excluding hydrogens is 156 g/mol. The van der Waals surface area contributed by atoms with Crippen LogP contribution in [0.1, 0.15) is 0 Å². The van der Waals surface area contributed by atoms with E-state index in [1.165, 1.54) is 0 Å². The van der Waals surface area contributed by atoms with Gasteiger partial charge in [0.15, 0.2) is 0 Å². The first kappa shape index (κ1) is 9.92. The normalized spacial score (nSPS) is 24.2. The summed E-state index contributed by atoms with van der Waals surface area (Å²) in [7, 11) is 2.10. The van der Waals surface area contributed by atoms with Gasteiger partial charge in [-0.25, -0.2) is 0 Å². The van der Waals surface area contributed by atoms with E-state index in [1.54, 1.807) is 0 Å². The number of rotatable bonds is 3. The van der Waals surface area contributed by atoms with Crippen molar-refractivity contribution in [3.8, 4) is 0 Å². The molecule has 0 aromatic heterocycles. The smallest absolute Gasteiger partial charge is 0.0897 e. The van der Waals surface area contributed by atoms with Crippen molar-refractivity contribution in [3.05, 3.63) is 0 Å². The van der Waals surface area contributed by atoms with Gasteiger partial charge >= 0.3 is 0 Å². The molecule has 4 heteroatoms. The van der Waals surface area contributed by atoms with E-state index in [4.69, 9.17) is 5.11 Å². The third kappa shape index (κ3) is 3.06. The van der Waals surface area contributed by atoms with E-state index in [-0.39, 0.29) is 6.61 Å². The van der Waals surface area contributed by atoms with E-state index in [1.807, 2.05) is 0 Å². The molecule has 1 rings (SSSR count). The highest BCUT2D eigenvalue weighted by molar-refractivity contribution is 4.71. The third-order valence-electron chi connectivity index (χ3n) is 2.28. The Morgan fingerprint density at radius 1 is 1.25 bits per heavy atom. The molecule has 0 aliphatic carbocycles. The Bertz CT molecular complexity index is 124. The maximum Gasteiger partial charge on any atom is 0.0897 e. The molecule has 1 atom stereocenters. The summed E-state index contributed by atoms with van der Waals surface area (Å²) in [5.41, 5.74) is 0. The average molecular weight is 174 g/mol. The summed E-state index contributed by atoms with van der Waals surface area (Å²) in [4.78, 5) is 4.45. The lowest BCUT2D eigenvalue weighted by molar-refractivity contribution is 0.0434. The molecule has 0 unspecified atom stereocenters. The molecule has 0 amide bonds. The molecule has 12 heavy (non-hydrogen) atoms. The Balaban J connectivity index is 2.17. The molecule has 4 nitrogen and oxygen atoms in total. The summed E-state index contributed by atoms with van der Waals surface area (Å²) in [6.45, 7) is 4.56. The first-order valence-electron chi connectivity index (χ1n) is 4.42. The number of aliphatic hydroxyl groups is 2. The van der Waals surface area contributed by atoms with Crippen molar-refractivity contribution in [2.45, 2.75) is 6.10 Å². The summed E-state index contributed by atoms with van der Waals surface area (Å²) in [5.74, 6) is 0. The molecule has 2 N–H and O–H groups in total. The van der Waals surface area contributed by atoms with Crippen LogP contribution in [-0.4, -0.2) is 72.5 Å². The van der Waals surface area contributed by atoms with Crippen molar-refractivity contribution in [2.24, 2.45) is 0 Å². The van der Waals surface area contributed by atoms with Gasteiger partial charge in [-0.3, -0.25) is 4.90 Å². The van der Waals surface area contributed by atoms with Crippen molar-refractivity contribution in [2.75, 3.05) is 46.4 Å². The van der Waals surface area contributed by atoms with E-state index in [0.717, 1.165) is 26.2 Å². The predicted molar refractivity (Wildman–Crippen MR) is 47.0 cm³/mol. The molecule has 0 radical (unpaired) electrons. The van der Waals surface area contributed by atoms with Gasteiger partial charge in [0.1, 0.15) is 0 Å². The first-order chi connectivity index (χ1) is 5.72. The SMILES string of the molecule is CN1CCN(C[C@@H](O)CO)CC1. The van der Waals surface area contributed by atoms with Crippen LogP contribution in [0.5, 0.6) is 0 Å². The molecule has 1 fully saturated rings. The van der Waals surface area contributed by atoms with Crippen molar-refractivity contribution >= 4 is 0 Å². The Morgan fingerprint density at radius 2 is 1.83 bits per heavy atom. The van der Waals surface area contributed by atoms with Crippen LogP contribution in [0.15, 0.2) is 0 Å². The van der Waals surface area contributed by atoms with Crippen LogP contribution >= 0.6 is 0 Å². The van der Waals surface area contributed by atoms with E-state index in [2.05, 4.69) is 16.8 Å². The Kier molecular flexibility index (Phi) is 3.94. The van der Waals surface area contributed by atoms with E-state index in [0.29, 0.717) is 6.54 Å². The number of hydrogen-bond donors (Lipinski definition) is 2. The summed E-state index contributed by atoms with van der Waals surface area (Å²) in [5, 5.41) is 17.8. The lowest BCUT2D eigenvalue weighted by atomic mass is 10.3. The van der Waals surface area contributed by atoms with Crippen LogP contribution in [0.2, 0.25) is 0 Å². The maximum absolute atomic E-state index is 9.17. The molecule has 72 valence electrons. The second kappa shape index (κ2) is 4.77. The predicted octanol–water partition coefficient (Wildman–Crippen LogP) is -1.41. The minimum absolute atomic E-state index is 0.133. The van der Waals surface area contributed by atoms with Crippen molar-refractivity contribution in [3.63, 3.8) is 0 Å². The zero-order valence-electron chi connectivity index (χ0n) is 7.61. The van der Waals surface area contributed by atoms with Crippen molar-refractivity contribution in [1.29, 1.82) is 0 Å². The van der Waals surface area contributed by atoms with Gasteiger partial charge in [-0.1, -0.05) is 0 Å². The highest BCUT2D eigenvalue weighted by Crippen LogP contribution is 1.99. The van der Waals surface area contributed by atoms with Gasteiger partial charge < -0.3 is 15.1 Å². The summed E-state index contributed by atoms with van der Waals surface area (Å²) >= 11 is 0. The Labute approximate surface area is 73.4 Å². The first-order valence-corrected chi connectivity index (χ1v) is 4.42. The molecule has 0 spiro atoms. The number of hydrogen-bond acceptors (Lipinski definition) is 4. The molecule has 1 saturated heterocycles. The van der Waals surface area contributed by atoms with E-state index >= 15 is 0 Å². The lowest BCUT2D eigenvalue weighted by Gasteiger charge is -2.33. The summed E-state index contributed by atoms with van der Waals surface area (Å²) in [6.07, 6.45) is -0.576. The monoisotopic (exact) mass is 174 g/mol. The van der Waals surface area contributed by atoms with Crippen LogP contribution in [0, 0.1) is 0 Å². The van der Waals surface area contributed by atoms with Crippen molar-refractivity contribution in [1.82, 2.24) is 9.80 Å². The molecule has 1 heterocycles. The fourth-order valence-electron chi connectivity index (χ4n) is 1.39. The fraction of sp³-hybridized carbons (Fsp3) is 1.00. The van der Waals surface area contributed by atoms with E-state index in [9.17, 15) is 5.11 Å². The zero-order valence-corrected chi connectivity index (χ0v) is 7.61. The van der Waals surface area contributed by atoms with Crippen LogP contribution in [0.25, 0.3) is 0 Å². The highest BCUT2D eigenvalue weighted by Gasteiger charge is 2.15. The summed E-state index contributed by atoms with van der Waals surface area (Å²) < 4.78 is 0. The largest absolute Gasteiger partial charge is 0.394 e. The Morgan fingerprint density at radius 3 is 2.33 bits per heavy atom. The average Bonchev–Trinajstić information content (AvgIpc) is 2.09. The minimum atomic E-state index is -0.576. The van der Waals surface area contributed by atoms with Gasteiger partial charge in [-0.15, -0.1) is 0 Å². The number of nitrogens with zero attached hydrogens (tertiary/aromatic N) is 2. The molecule has 0 aromatic carbocycles. The number of likely N-dealkylation sites (N-methyl/N-ethyl adjacent to an activating group) is 1. The van der Waals surface area contributed by atoms with E-state index < -0.39 is 6.10 Å². The second-order valence-corrected chi connectivity index (χ2v) is 3.44. The lowest BCUT2D eigenvalue weighted by Crippen LogP contribution is -2.47. The fourth-order valence-corrected chi connectivity index (χ4v) is 1.39. The quantitative estimate of drug-likeness (QED) is 0.552. The standard InChI is InChI=1S/C8H18N2O2/c1-9-2-4-10(5-3-9)6-8(12)7-11/h8,11-12H,2-7H2,1H3/t8-/m1/s1.